The van der Waals surface area contributed by atoms with Crippen molar-refractivity contribution in [1.82, 2.24) is 4.98 Å². The van der Waals surface area contributed by atoms with E-state index < -0.39 is 11.7 Å². The van der Waals surface area contributed by atoms with Crippen molar-refractivity contribution in [2.24, 2.45) is 0 Å². The molecular weight excluding hydrogens is 217 g/mol. The first-order chi connectivity index (χ1) is 7.47. The summed E-state index contributed by atoms with van der Waals surface area (Å²) in [5.41, 5.74) is -0.771. The van der Waals surface area contributed by atoms with Crippen molar-refractivity contribution < 1.29 is 13.2 Å². The van der Waals surface area contributed by atoms with Crippen LogP contribution in [-0.4, -0.2) is 11.0 Å². The molecule has 0 aliphatic carbocycles. The lowest BCUT2D eigenvalue weighted by Gasteiger charge is -2.12. The smallest absolute Gasteiger partial charge is 0.356 e. The number of anilines is 1. The number of aromatic nitrogens is 1. The van der Waals surface area contributed by atoms with Gasteiger partial charge in [0.05, 0.1) is 11.6 Å². The predicted molar refractivity (Wildman–Crippen MR) is 55.8 cm³/mol. The third kappa shape index (κ3) is 3.16. The Morgan fingerprint density at radius 1 is 1.50 bits per heavy atom. The molecule has 1 aromatic rings. The molecule has 1 atom stereocenters. The maximum Gasteiger partial charge on any atom is 0.417 e. The second-order valence-corrected chi connectivity index (χ2v) is 3.20. The molecule has 86 valence electrons. The molecule has 0 spiro atoms. The standard InChI is InChI=1S/C11H11F3N2/c1-3-9(4-2)16-10-6-5-8(7-15-10)11(12,13)14/h1,5-7,9H,4H2,2H3,(H,15,16). The molecule has 0 aromatic carbocycles. The molecule has 0 saturated heterocycles. The van der Waals surface area contributed by atoms with Gasteiger partial charge in [0.2, 0.25) is 0 Å². The molecule has 16 heavy (non-hydrogen) atoms. The maximum absolute atomic E-state index is 12.2. The minimum Gasteiger partial charge on any atom is -0.356 e. The summed E-state index contributed by atoms with van der Waals surface area (Å²) in [5.74, 6) is 2.82. The molecule has 1 N–H and O–H groups in total. The highest BCUT2D eigenvalue weighted by atomic mass is 19.4. The number of hydrogen-bond acceptors (Lipinski definition) is 2. The average Bonchev–Trinajstić information content (AvgIpc) is 2.25. The molecule has 5 heteroatoms. The zero-order valence-electron chi connectivity index (χ0n) is 8.67. The molecule has 1 heterocycles. The molecule has 2 nitrogen and oxygen atoms in total. The van der Waals surface area contributed by atoms with Crippen LogP contribution in [0.4, 0.5) is 19.0 Å². The molecule has 0 aliphatic rings. The van der Waals surface area contributed by atoms with Crippen LogP contribution in [0, 0.1) is 12.3 Å². The molecule has 1 aromatic heterocycles. The van der Waals surface area contributed by atoms with E-state index in [1.807, 2.05) is 6.92 Å². The zero-order valence-corrected chi connectivity index (χ0v) is 8.67. The van der Waals surface area contributed by atoms with E-state index in [4.69, 9.17) is 6.42 Å². The quantitative estimate of drug-likeness (QED) is 0.804. The van der Waals surface area contributed by atoms with Crippen molar-refractivity contribution in [3.63, 3.8) is 0 Å². The van der Waals surface area contributed by atoms with Crippen LogP contribution in [-0.2, 0) is 6.18 Å². The SMILES string of the molecule is C#CC(CC)Nc1ccc(C(F)(F)F)cn1. The molecule has 0 saturated carbocycles. The fourth-order valence-electron chi connectivity index (χ4n) is 1.09. The number of alkyl halides is 3. The third-order valence-electron chi connectivity index (χ3n) is 2.02. The van der Waals surface area contributed by atoms with E-state index in [9.17, 15) is 13.2 Å². The van der Waals surface area contributed by atoms with Gasteiger partial charge in [-0.2, -0.15) is 13.2 Å². The van der Waals surface area contributed by atoms with Crippen LogP contribution in [0.2, 0.25) is 0 Å². The summed E-state index contributed by atoms with van der Waals surface area (Å²) < 4.78 is 36.7. The van der Waals surface area contributed by atoms with Gasteiger partial charge in [-0.25, -0.2) is 4.98 Å². The lowest BCUT2D eigenvalue weighted by atomic mass is 10.2. The number of pyridine rings is 1. The van der Waals surface area contributed by atoms with E-state index in [0.717, 1.165) is 12.3 Å². The fourth-order valence-corrected chi connectivity index (χ4v) is 1.09. The van der Waals surface area contributed by atoms with Crippen LogP contribution in [0.15, 0.2) is 18.3 Å². The Morgan fingerprint density at radius 3 is 2.56 bits per heavy atom. The number of nitrogens with zero attached hydrogens (tertiary/aromatic N) is 1. The van der Waals surface area contributed by atoms with Crippen molar-refractivity contribution in [3.8, 4) is 12.3 Å². The van der Waals surface area contributed by atoms with E-state index in [2.05, 4.69) is 16.2 Å². The highest BCUT2D eigenvalue weighted by molar-refractivity contribution is 5.39. The highest BCUT2D eigenvalue weighted by Crippen LogP contribution is 2.28. The van der Waals surface area contributed by atoms with Gasteiger partial charge in [0.25, 0.3) is 0 Å². The van der Waals surface area contributed by atoms with Crippen molar-refractivity contribution in [3.05, 3.63) is 23.9 Å². The molecule has 1 rings (SSSR count). The minimum absolute atomic E-state index is 0.218. The Kier molecular flexibility index (Phi) is 3.78. The Morgan fingerprint density at radius 2 is 2.19 bits per heavy atom. The van der Waals surface area contributed by atoms with Crippen LogP contribution in [0.5, 0.6) is 0 Å². The lowest BCUT2D eigenvalue weighted by Crippen LogP contribution is -2.17. The number of hydrogen-bond donors (Lipinski definition) is 1. The van der Waals surface area contributed by atoms with Gasteiger partial charge in [-0.15, -0.1) is 6.42 Å². The summed E-state index contributed by atoms with van der Waals surface area (Å²) in [6, 6.07) is 2.02. The topological polar surface area (TPSA) is 24.9 Å². The Balaban J connectivity index is 2.77. The van der Waals surface area contributed by atoms with Gasteiger partial charge in [0.15, 0.2) is 0 Å². The van der Waals surface area contributed by atoms with Crippen LogP contribution >= 0.6 is 0 Å². The van der Waals surface area contributed by atoms with E-state index in [1.54, 1.807) is 0 Å². The summed E-state index contributed by atoms with van der Waals surface area (Å²) in [7, 11) is 0. The van der Waals surface area contributed by atoms with E-state index in [1.165, 1.54) is 6.07 Å². The Hall–Kier alpha value is -1.70. The molecule has 0 fully saturated rings. The highest BCUT2D eigenvalue weighted by Gasteiger charge is 2.30. The van der Waals surface area contributed by atoms with Crippen LogP contribution in [0.1, 0.15) is 18.9 Å². The minimum atomic E-state index is -4.36. The van der Waals surface area contributed by atoms with E-state index >= 15 is 0 Å². The van der Waals surface area contributed by atoms with Gasteiger partial charge in [-0.1, -0.05) is 12.8 Å². The van der Waals surface area contributed by atoms with Crippen LogP contribution in [0.3, 0.4) is 0 Å². The van der Waals surface area contributed by atoms with Gasteiger partial charge in [0, 0.05) is 6.20 Å². The van der Waals surface area contributed by atoms with Crippen LogP contribution < -0.4 is 5.32 Å². The van der Waals surface area contributed by atoms with Crippen LogP contribution in [0.25, 0.3) is 0 Å². The van der Waals surface area contributed by atoms with Crippen molar-refractivity contribution >= 4 is 5.82 Å². The predicted octanol–water partition coefficient (Wildman–Crippen LogP) is 2.92. The second-order valence-electron chi connectivity index (χ2n) is 3.20. The Labute approximate surface area is 91.9 Å². The van der Waals surface area contributed by atoms with Gasteiger partial charge < -0.3 is 5.32 Å². The number of terminal acetylenes is 1. The summed E-state index contributed by atoms with van der Waals surface area (Å²) >= 11 is 0. The lowest BCUT2D eigenvalue weighted by molar-refractivity contribution is -0.137. The Bertz CT molecular complexity index is 376. The first-order valence-electron chi connectivity index (χ1n) is 4.73. The monoisotopic (exact) mass is 228 g/mol. The molecule has 0 amide bonds. The number of nitrogens with one attached hydrogen (secondary N) is 1. The molecular formula is C11H11F3N2. The van der Waals surface area contributed by atoms with E-state index in [-0.39, 0.29) is 6.04 Å². The summed E-state index contributed by atoms with van der Waals surface area (Å²) in [6.07, 6.45) is 2.31. The molecule has 0 bridgehead atoms. The number of halogens is 3. The van der Waals surface area contributed by atoms with Gasteiger partial charge in [-0.05, 0) is 18.6 Å². The normalized spacial score (nSPS) is 12.9. The van der Waals surface area contributed by atoms with Gasteiger partial charge in [-0.3, -0.25) is 0 Å². The van der Waals surface area contributed by atoms with Gasteiger partial charge in [0.1, 0.15) is 5.82 Å². The first kappa shape index (κ1) is 12.4. The van der Waals surface area contributed by atoms with Gasteiger partial charge >= 0.3 is 6.18 Å². The van der Waals surface area contributed by atoms with E-state index in [0.29, 0.717) is 12.2 Å². The molecule has 0 aliphatic heterocycles. The molecule has 0 radical (unpaired) electrons. The fraction of sp³-hybridized carbons (Fsp3) is 0.364. The zero-order chi connectivity index (χ0) is 12.2. The summed E-state index contributed by atoms with van der Waals surface area (Å²) in [4.78, 5) is 3.65. The summed E-state index contributed by atoms with van der Waals surface area (Å²) in [6.45, 7) is 1.88. The first-order valence-corrected chi connectivity index (χ1v) is 4.73. The van der Waals surface area contributed by atoms with Crippen molar-refractivity contribution in [1.29, 1.82) is 0 Å². The summed E-state index contributed by atoms with van der Waals surface area (Å²) in [5, 5.41) is 2.84. The van der Waals surface area contributed by atoms with Crippen molar-refractivity contribution in [2.45, 2.75) is 25.6 Å². The third-order valence-corrected chi connectivity index (χ3v) is 2.02. The maximum atomic E-state index is 12.2. The second kappa shape index (κ2) is 4.88. The number of rotatable bonds is 3. The largest absolute Gasteiger partial charge is 0.417 e. The van der Waals surface area contributed by atoms with Crippen molar-refractivity contribution in [2.75, 3.05) is 5.32 Å². The average molecular weight is 228 g/mol. The molecule has 1 unspecified atom stereocenters.